The molecule has 2 unspecified atom stereocenters. The maximum atomic E-state index is 12.3. The molecule has 1 fully saturated rings. The van der Waals surface area contributed by atoms with Crippen molar-refractivity contribution in [3.63, 3.8) is 0 Å². The highest BCUT2D eigenvalue weighted by Crippen LogP contribution is 2.30. The fourth-order valence-electron chi connectivity index (χ4n) is 3.06. The highest BCUT2D eigenvalue weighted by molar-refractivity contribution is 5.78. The molecule has 4 heteroatoms. The third-order valence-electron chi connectivity index (χ3n) is 4.37. The summed E-state index contributed by atoms with van der Waals surface area (Å²) < 4.78 is 0. The summed E-state index contributed by atoms with van der Waals surface area (Å²) in [5.41, 5.74) is 0.978. The lowest BCUT2D eigenvalue weighted by Gasteiger charge is -2.35. The topological polar surface area (TPSA) is 52.6 Å². The Morgan fingerprint density at radius 3 is 2.52 bits per heavy atom. The molecule has 4 nitrogen and oxygen atoms in total. The van der Waals surface area contributed by atoms with Crippen molar-refractivity contribution in [3.8, 4) is 0 Å². The van der Waals surface area contributed by atoms with E-state index in [1.54, 1.807) is 0 Å². The predicted octanol–water partition coefficient (Wildman–Crippen LogP) is 1.81. The summed E-state index contributed by atoms with van der Waals surface area (Å²) in [6.45, 7) is 4.18. The first-order valence-electron chi connectivity index (χ1n) is 7.80. The molecule has 1 amide bonds. The van der Waals surface area contributed by atoms with E-state index in [0.29, 0.717) is 6.54 Å². The quantitative estimate of drug-likeness (QED) is 0.869. The molecule has 21 heavy (non-hydrogen) atoms. The zero-order chi connectivity index (χ0) is 15.2. The van der Waals surface area contributed by atoms with Gasteiger partial charge in [-0.1, -0.05) is 37.3 Å². The number of amides is 1. The zero-order valence-corrected chi connectivity index (χ0v) is 13.0. The number of aliphatic hydroxyl groups is 1. The summed E-state index contributed by atoms with van der Waals surface area (Å²) >= 11 is 0. The van der Waals surface area contributed by atoms with Gasteiger partial charge in [0, 0.05) is 25.6 Å². The SMILES string of the molecule is CNCC(C)C(=O)N1CCC(C(O)c2ccccc2)CC1. The van der Waals surface area contributed by atoms with Crippen molar-refractivity contribution in [3.05, 3.63) is 35.9 Å². The first kappa shape index (κ1) is 16.0. The second-order valence-corrected chi connectivity index (χ2v) is 5.98. The van der Waals surface area contributed by atoms with E-state index in [1.165, 1.54) is 0 Å². The van der Waals surface area contributed by atoms with Gasteiger partial charge in [-0.15, -0.1) is 0 Å². The van der Waals surface area contributed by atoms with Crippen LogP contribution in [0, 0.1) is 11.8 Å². The smallest absolute Gasteiger partial charge is 0.226 e. The lowest BCUT2D eigenvalue weighted by molar-refractivity contribution is -0.136. The van der Waals surface area contributed by atoms with Crippen LogP contribution in [-0.2, 0) is 4.79 Å². The standard InChI is InChI=1S/C17H26N2O2/c1-13(12-18-2)17(21)19-10-8-15(9-11-19)16(20)14-6-4-3-5-7-14/h3-7,13,15-16,18,20H,8-12H2,1-2H3. The average molecular weight is 290 g/mol. The van der Waals surface area contributed by atoms with Crippen LogP contribution in [0.25, 0.3) is 0 Å². The molecule has 1 aromatic rings. The number of hydrogen-bond acceptors (Lipinski definition) is 3. The number of hydrogen-bond donors (Lipinski definition) is 2. The van der Waals surface area contributed by atoms with Gasteiger partial charge in [-0.25, -0.2) is 0 Å². The minimum Gasteiger partial charge on any atom is -0.388 e. The van der Waals surface area contributed by atoms with Crippen LogP contribution in [0.3, 0.4) is 0 Å². The van der Waals surface area contributed by atoms with Gasteiger partial charge in [-0.05, 0) is 31.4 Å². The Hall–Kier alpha value is -1.39. The van der Waals surface area contributed by atoms with Crippen molar-refractivity contribution in [2.24, 2.45) is 11.8 Å². The maximum absolute atomic E-state index is 12.3. The highest BCUT2D eigenvalue weighted by Gasteiger charge is 2.29. The first-order chi connectivity index (χ1) is 10.1. The van der Waals surface area contributed by atoms with Crippen molar-refractivity contribution in [2.45, 2.75) is 25.9 Å². The molecule has 0 saturated carbocycles. The van der Waals surface area contributed by atoms with Crippen molar-refractivity contribution in [1.29, 1.82) is 0 Å². The summed E-state index contributed by atoms with van der Waals surface area (Å²) in [5.74, 6) is 0.485. The van der Waals surface area contributed by atoms with Gasteiger partial charge in [0.15, 0.2) is 0 Å². The fourth-order valence-corrected chi connectivity index (χ4v) is 3.06. The van der Waals surface area contributed by atoms with Crippen LogP contribution in [0.15, 0.2) is 30.3 Å². The number of carbonyl (C=O) groups is 1. The van der Waals surface area contributed by atoms with Gasteiger partial charge in [-0.2, -0.15) is 0 Å². The summed E-state index contributed by atoms with van der Waals surface area (Å²) in [6, 6.07) is 9.81. The molecule has 0 bridgehead atoms. The van der Waals surface area contributed by atoms with Crippen LogP contribution in [0.1, 0.15) is 31.4 Å². The van der Waals surface area contributed by atoms with Crippen LogP contribution in [0.5, 0.6) is 0 Å². The number of piperidine rings is 1. The minimum absolute atomic E-state index is 0.0191. The minimum atomic E-state index is -0.418. The number of nitrogens with zero attached hydrogens (tertiary/aromatic N) is 1. The monoisotopic (exact) mass is 290 g/mol. The molecule has 2 N–H and O–H groups in total. The van der Waals surface area contributed by atoms with E-state index in [0.717, 1.165) is 31.5 Å². The van der Waals surface area contributed by atoms with Gasteiger partial charge >= 0.3 is 0 Å². The van der Waals surface area contributed by atoms with Gasteiger partial charge in [0.1, 0.15) is 0 Å². The van der Waals surface area contributed by atoms with E-state index in [2.05, 4.69) is 5.32 Å². The molecule has 0 aliphatic carbocycles. The molecule has 1 aliphatic heterocycles. The van der Waals surface area contributed by atoms with E-state index < -0.39 is 6.10 Å². The van der Waals surface area contributed by atoms with Gasteiger partial charge in [0.2, 0.25) is 5.91 Å². The molecule has 2 atom stereocenters. The maximum Gasteiger partial charge on any atom is 0.226 e. The van der Waals surface area contributed by atoms with Crippen molar-refractivity contribution in [1.82, 2.24) is 10.2 Å². The van der Waals surface area contributed by atoms with E-state index >= 15 is 0 Å². The predicted molar refractivity (Wildman–Crippen MR) is 83.8 cm³/mol. The first-order valence-corrected chi connectivity index (χ1v) is 7.80. The zero-order valence-electron chi connectivity index (χ0n) is 13.0. The van der Waals surface area contributed by atoms with Gasteiger partial charge in [-0.3, -0.25) is 4.79 Å². The average Bonchev–Trinajstić information content (AvgIpc) is 2.54. The molecule has 2 rings (SSSR count). The van der Waals surface area contributed by atoms with Crippen LogP contribution in [0.4, 0.5) is 0 Å². The number of benzene rings is 1. The van der Waals surface area contributed by atoms with Crippen molar-refractivity contribution >= 4 is 5.91 Å². The summed E-state index contributed by atoms with van der Waals surface area (Å²) in [4.78, 5) is 14.2. The molecule has 0 radical (unpaired) electrons. The lowest BCUT2D eigenvalue weighted by Crippen LogP contribution is -2.44. The Bertz CT molecular complexity index is 441. The van der Waals surface area contributed by atoms with Crippen molar-refractivity contribution < 1.29 is 9.90 Å². The lowest BCUT2D eigenvalue weighted by atomic mass is 9.87. The second-order valence-electron chi connectivity index (χ2n) is 5.98. The Morgan fingerprint density at radius 2 is 1.95 bits per heavy atom. The van der Waals surface area contributed by atoms with Crippen molar-refractivity contribution in [2.75, 3.05) is 26.7 Å². The van der Waals surface area contributed by atoms with Crippen LogP contribution >= 0.6 is 0 Å². The third-order valence-corrected chi connectivity index (χ3v) is 4.37. The molecular weight excluding hydrogens is 264 g/mol. The van der Waals surface area contributed by atoms with Gasteiger partial charge < -0.3 is 15.3 Å². The molecule has 1 saturated heterocycles. The molecule has 0 spiro atoms. The molecule has 1 aromatic carbocycles. The van der Waals surface area contributed by atoms with E-state index in [1.807, 2.05) is 49.2 Å². The van der Waals surface area contributed by atoms with E-state index in [4.69, 9.17) is 0 Å². The fraction of sp³-hybridized carbons (Fsp3) is 0.588. The summed E-state index contributed by atoms with van der Waals surface area (Å²) in [7, 11) is 1.87. The Morgan fingerprint density at radius 1 is 1.33 bits per heavy atom. The number of likely N-dealkylation sites (tertiary alicyclic amines) is 1. The summed E-state index contributed by atoms with van der Waals surface area (Å²) in [6.07, 6.45) is 1.32. The largest absolute Gasteiger partial charge is 0.388 e. The Balaban J connectivity index is 1.87. The number of aliphatic hydroxyl groups excluding tert-OH is 1. The number of nitrogens with one attached hydrogen (secondary N) is 1. The normalized spacial score (nSPS) is 19.3. The Labute approximate surface area is 127 Å². The highest BCUT2D eigenvalue weighted by atomic mass is 16.3. The Kier molecular flexibility index (Phi) is 5.76. The number of rotatable bonds is 5. The van der Waals surface area contributed by atoms with Gasteiger partial charge in [0.25, 0.3) is 0 Å². The molecule has 1 heterocycles. The molecular formula is C17H26N2O2. The van der Waals surface area contributed by atoms with Crippen LogP contribution < -0.4 is 5.32 Å². The molecule has 1 aliphatic rings. The van der Waals surface area contributed by atoms with E-state index in [9.17, 15) is 9.90 Å². The molecule has 0 aromatic heterocycles. The van der Waals surface area contributed by atoms with Gasteiger partial charge in [0.05, 0.1) is 6.10 Å². The second kappa shape index (κ2) is 7.57. The van der Waals surface area contributed by atoms with Crippen LogP contribution in [-0.4, -0.2) is 42.6 Å². The number of carbonyl (C=O) groups excluding carboxylic acids is 1. The van der Waals surface area contributed by atoms with E-state index in [-0.39, 0.29) is 17.7 Å². The van der Waals surface area contributed by atoms with Crippen LogP contribution in [0.2, 0.25) is 0 Å². The summed E-state index contributed by atoms with van der Waals surface area (Å²) in [5, 5.41) is 13.5. The molecule has 116 valence electrons. The third kappa shape index (κ3) is 4.05.